The van der Waals surface area contributed by atoms with Crippen LogP contribution in [-0.4, -0.2) is 25.0 Å². The van der Waals surface area contributed by atoms with Gasteiger partial charge in [0.25, 0.3) is 0 Å². The molecule has 5 heteroatoms. The first-order valence-corrected chi connectivity index (χ1v) is 11.0. The second kappa shape index (κ2) is 12.5. The van der Waals surface area contributed by atoms with E-state index in [1.165, 1.54) is 0 Å². The summed E-state index contributed by atoms with van der Waals surface area (Å²) >= 11 is 0. The van der Waals surface area contributed by atoms with Crippen molar-refractivity contribution < 1.29 is 13.6 Å². The Morgan fingerprint density at radius 2 is 1.43 bits per heavy atom. The minimum atomic E-state index is -3.20. The zero-order valence-electron chi connectivity index (χ0n) is 16.3. The van der Waals surface area contributed by atoms with Gasteiger partial charge in [-0.3, -0.25) is 4.57 Å². The summed E-state index contributed by atoms with van der Waals surface area (Å²) in [6, 6.07) is 0. The molecule has 0 saturated carbocycles. The lowest BCUT2D eigenvalue weighted by molar-refractivity contribution is 0.168. The average Bonchev–Trinajstić information content (AvgIpc) is 2.51. The first-order chi connectivity index (χ1) is 10.8. The summed E-state index contributed by atoms with van der Waals surface area (Å²) < 4.78 is 25.4. The van der Waals surface area contributed by atoms with Crippen molar-refractivity contribution in [3.05, 3.63) is 0 Å². The molecule has 0 aliphatic carbocycles. The van der Waals surface area contributed by atoms with E-state index < -0.39 is 12.9 Å². The minimum absolute atomic E-state index is 0.496. The predicted octanol–water partition coefficient (Wildman–Crippen LogP) is 5.96. The number of hydrogen-bond acceptors (Lipinski definition) is 4. The lowest BCUT2D eigenvalue weighted by Gasteiger charge is -2.38. The number of rotatable bonds is 15. The van der Waals surface area contributed by atoms with E-state index in [4.69, 9.17) is 9.05 Å². The molecule has 0 spiro atoms. The summed E-state index contributed by atoms with van der Waals surface area (Å²) in [6.07, 6.45) is 6.78. The summed E-state index contributed by atoms with van der Waals surface area (Å²) in [5, 5.41) is 2.91. The summed E-state index contributed by atoms with van der Waals surface area (Å²) in [4.78, 5) is 0. The normalized spacial score (nSPS) is 15.1. The molecule has 1 N–H and O–H groups in total. The van der Waals surface area contributed by atoms with Gasteiger partial charge in [0.1, 0.15) is 5.28 Å². The maximum Gasteiger partial charge on any atom is 0.350 e. The fourth-order valence-corrected chi connectivity index (χ4v) is 4.35. The number of hydrogen-bond donors (Lipinski definition) is 1. The Morgan fingerprint density at radius 3 is 1.83 bits per heavy atom. The number of nitrogens with one attached hydrogen (secondary N) is 1. The van der Waals surface area contributed by atoms with Crippen molar-refractivity contribution in [3.63, 3.8) is 0 Å². The third-order valence-corrected chi connectivity index (χ3v) is 6.67. The molecule has 0 fully saturated rings. The van der Waals surface area contributed by atoms with Crippen LogP contribution in [0.25, 0.3) is 0 Å². The molecule has 0 aromatic carbocycles. The third-order valence-electron chi connectivity index (χ3n) is 4.03. The van der Waals surface area contributed by atoms with E-state index in [1.807, 2.05) is 6.92 Å². The molecule has 140 valence electrons. The number of unbranched alkanes of at least 4 members (excludes halogenated alkanes) is 3. The van der Waals surface area contributed by atoms with Crippen molar-refractivity contribution in [1.29, 1.82) is 0 Å². The van der Waals surface area contributed by atoms with Crippen LogP contribution in [0.1, 0.15) is 86.5 Å². The Bertz CT molecular complexity index is 322. The van der Waals surface area contributed by atoms with Gasteiger partial charge in [-0.2, -0.15) is 0 Å². The maximum atomic E-state index is 13.6. The highest BCUT2D eigenvalue weighted by Crippen LogP contribution is 2.60. The molecular formula is C18H40NO3P. The van der Waals surface area contributed by atoms with E-state index in [1.54, 1.807) is 0 Å². The van der Waals surface area contributed by atoms with E-state index in [2.05, 4.69) is 39.9 Å². The van der Waals surface area contributed by atoms with Crippen LogP contribution in [-0.2, 0) is 13.6 Å². The smallest absolute Gasteiger partial charge is 0.307 e. The molecule has 0 aliphatic heterocycles. The Hall–Kier alpha value is 0.110. The zero-order chi connectivity index (χ0) is 17.8. The van der Waals surface area contributed by atoms with Crippen molar-refractivity contribution >= 4 is 7.60 Å². The van der Waals surface area contributed by atoms with E-state index >= 15 is 0 Å². The van der Waals surface area contributed by atoms with Crippen LogP contribution in [0.5, 0.6) is 0 Å². The van der Waals surface area contributed by atoms with Crippen molar-refractivity contribution in [2.75, 3.05) is 19.8 Å². The van der Waals surface area contributed by atoms with Gasteiger partial charge in [0.05, 0.1) is 13.2 Å². The summed E-state index contributed by atoms with van der Waals surface area (Å²) in [7, 11) is -3.20. The monoisotopic (exact) mass is 349 g/mol. The molecule has 0 rings (SSSR count). The fourth-order valence-electron chi connectivity index (χ4n) is 2.25. The van der Waals surface area contributed by atoms with Crippen LogP contribution in [0.2, 0.25) is 0 Å². The molecule has 0 aliphatic rings. The third kappa shape index (κ3) is 8.67. The van der Waals surface area contributed by atoms with Gasteiger partial charge in [-0.05, 0) is 38.6 Å². The summed E-state index contributed by atoms with van der Waals surface area (Å²) in [5.74, 6) is 0.496. The van der Waals surface area contributed by atoms with Gasteiger partial charge in [0.2, 0.25) is 0 Å². The lowest BCUT2D eigenvalue weighted by Crippen LogP contribution is -2.45. The van der Waals surface area contributed by atoms with Gasteiger partial charge in [-0.25, -0.2) is 0 Å². The van der Waals surface area contributed by atoms with E-state index in [9.17, 15) is 4.57 Å². The van der Waals surface area contributed by atoms with E-state index in [0.717, 1.165) is 51.5 Å². The highest BCUT2D eigenvalue weighted by molar-refractivity contribution is 7.55. The van der Waals surface area contributed by atoms with Crippen LogP contribution >= 0.6 is 7.60 Å². The molecule has 23 heavy (non-hydrogen) atoms. The van der Waals surface area contributed by atoms with E-state index in [0.29, 0.717) is 19.1 Å². The summed E-state index contributed by atoms with van der Waals surface area (Å²) in [6.45, 7) is 14.5. The largest absolute Gasteiger partial charge is 0.350 e. The molecule has 0 saturated heterocycles. The minimum Gasteiger partial charge on any atom is -0.307 e. The highest BCUT2D eigenvalue weighted by Gasteiger charge is 2.46. The zero-order valence-corrected chi connectivity index (χ0v) is 17.2. The highest BCUT2D eigenvalue weighted by atomic mass is 31.2. The Balaban J connectivity index is 5.17. The van der Waals surface area contributed by atoms with Crippen molar-refractivity contribution in [3.8, 4) is 0 Å². The van der Waals surface area contributed by atoms with Gasteiger partial charge in [0.15, 0.2) is 0 Å². The predicted molar refractivity (Wildman–Crippen MR) is 100 cm³/mol. The van der Waals surface area contributed by atoms with Crippen molar-refractivity contribution in [2.24, 2.45) is 5.92 Å². The summed E-state index contributed by atoms with van der Waals surface area (Å²) in [5.41, 5.74) is 0. The molecule has 0 aromatic rings. The Kier molecular flexibility index (Phi) is 12.5. The first kappa shape index (κ1) is 23.1. The average molecular weight is 349 g/mol. The second-order valence-corrected chi connectivity index (χ2v) is 9.52. The topological polar surface area (TPSA) is 47.6 Å². The standard InChI is InChI=1S/C18H40NO3P/c1-7-10-13-18(6,19-16-17(4)5)23(20,21-14-11-8-2)22-15-12-9-3/h17,19H,7-16H2,1-6H3. The molecule has 0 bridgehead atoms. The maximum absolute atomic E-state index is 13.6. The first-order valence-electron chi connectivity index (χ1n) is 9.49. The van der Waals surface area contributed by atoms with Gasteiger partial charge in [-0.1, -0.05) is 60.3 Å². The van der Waals surface area contributed by atoms with E-state index in [-0.39, 0.29) is 0 Å². The quantitative estimate of drug-likeness (QED) is 0.292. The Morgan fingerprint density at radius 1 is 0.957 bits per heavy atom. The molecule has 0 heterocycles. The Labute approximate surface area is 144 Å². The molecule has 0 amide bonds. The molecule has 1 unspecified atom stereocenters. The van der Waals surface area contributed by atoms with Crippen molar-refractivity contribution in [2.45, 2.75) is 91.8 Å². The molecule has 4 nitrogen and oxygen atoms in total. The molecule has 1 atom stereocenters. The van der Waals surface area contributed by atoms with Crippen LogP contribution in [0.15, 0.2) is 0 Å². The van der Waals surface area contributed by atoms with Gasteiger partial charge >= 0.3 is 7.60 Å². The molecular weight excluding hydrogens is 309 g/mol. The van der Waals surface area contributed by atoms with Gasteiger partial charge in [-0.15, -0.1) is 0 Å². The van der Waals surface area contributed by atoms with Crippen molar-refractivity contribution in [1.82, 2.24) is 5.32 Å². The van der Waals surface area contributed by atoms with Crippen LogP contribution in [0.4, 0.5) is 0 Å². The van der Waals surface area contributed by atoms with Gasteiger partial charge < -0.3 is 14.4 Å². The molecule has 0 radical (unpaired) electrons. The second-order valence-electron chi connectivity index (χ2n) is 7.02. The SMILES string of the molecule is CCCCOP(=O)(OCCCC)C(C)(CCCC)NCC(C)C. The van der Waals surface area contributed by atoms with Crippen LogP contribution in [0, 0.1) is 5.92 Å². The van der Waals surface area contributed by atoms with Gasteiger partial charge in [0, 0.05) is 0 Å². The fraction of sp³-hybridized carbons (Fsp3) is 1.00. The molecule has 0 aromatic heterocycles. The lowest BCUT2D eigenvalue weighted by atomic mass is 10.1. The van der Waals surface area contributed by atoms with Crippen LogP contribution in [0.3, 0.4) is 0 Å². The van der Waals surface area contributed by atoms with Crippen LogP contribution < -0.4 is 5.32 Å².